The molecule has 1 heterocycles. The van der Waals surface area contributed by atoms with Crippen molar-refractivity contribution < 1.29 is 9.18 Å². The molecule has 130 valence electrons. The number of hydrogen-bond acceptors (Lipinski definition) is 1. The van der Waals surface area contributed by atoms with E-state index < -0.39 is 0 Å². The Balaban J connectivity index is 1.34. The average molecular weight is 338 g/mol. The molecule has 4 aliphatic rings. The van der Waals surface area contributed by atoms with E-state index in [9.17, 15) is 9.18 Å². The van der Waals surface area contributed by atoms with Crippen LogP contribution in [0, 0.1) is 23.6 Å². The molecular weight excluding hydrogens is 315 g/mol. The Bertz CT molecular complexity index is 772. The standard InChI is InChI=1S/C21H23FN2O/c22-18-3-1-16(2-4-18)17-8-19(23-12-17)20(25)24-21-9-13-5-14(10-21)7-15(6-13)11-21/h1-4,8,12-15,23H,5-7,9-11H2,(H,24,25). The molecule has 0 saturated heterocycles. The molecule has 2 aromatic rings. The molecule has 1 aromatic carbocycles. The van der Waals surface area contributed by atoms with Crippen molar-refractivity contribution in [3.63, 3.8) is 0 Å². The molecule has 6 rings (SSSR count). The summed E-state index contributed by atoms with van der Waals surface area (Å²) in [4.78, 5) is 15.9. The summed E-state index contributed by atoms with van der Waals surface area (Å²) in [6.07, 6.45) is 9.37. The quantitative estimate of drug-likeness (QED) is 0.849. The molecule has 0 atom stereocenters. The van der Waals surface area contributed by atoms with Crippen LogP contribution in [0.4, 0.5) is 4.39 Å². The van der Waals surface area contributed by atoms with Crippen LogP contribution >= 0.6 is 0 Å². The van der Waals surface area contributed by atoms with E-state index in [2.05, 4.69) is 10.3 Å². The Kier molecular flexibility index (Phi) is 3.31. The van der Waals surface area contributed by atoms with Gasteiger partial charge < -0.3 is 10.3 Å². The van der Waals surface area contributed by atoms with Gasteiger partial charge in [0.1, 0.15) is 11.5 Å². The molecule has 25 heavy (non-hydrogen) atoms. The van der Waals surface area contributed by atoms with Gasteiger partial charge in [-0.1, -0.05) is 12.1 Å². The number of aromatic amines is 1. The van der Waals surface area contributed by atoms with E-state index in [0.29, 0.717) is 5.69 Å². The van der Waals surface area contributed by atoms with E-state index in [0.717, 1.165) is 48.1 Å². The minimum Gasteiger partial charge on any atom is -0.357 e. The van der Waals surface area contributed by atoms with Gasteiger partial charge in [-0.3, -0.25) is 4.79 Å². The molecule has 4 saturated carbocycles. The van der Waals surface area contributed by atoms with Gasteiger partial charge in [-0.2, -0.15) is 0 Å². The van der Waals surface area contributed by atoms with Gasteiger partial charge in [-0.15, -0.1) is 0 Å². The lowest BCUT2D eigenvalue weighted by atomic mass is 9.53. The number of carbonyl (C=O) groups is 1. The van der Waals surface area contributed by atoms with Gasteiger partial charge in [0.15, 0.2) is 0 Å². The van der Waals surface area contributed by atoms with Crippen molar-refractivity contribution in [2.24, 2.45) is 17.8 Å². The topological polar surface area (TPSA) is 44.9 Å². The predicted octanol–water partition coefficient (Wildman–Crippen LogP) is 4.52. The number of hydrogen-bond donors (Lipinski definition) is 2. The maximum Gasteiger partial charge on any atom is 0.268 e. The molecule has 2 N–H and O–H groups in total. The molecule has 0 spiro atoms. The highest BCUT2D eigenvalue weighted by Crippen LogP contribution is 2.55. The third-order valence-corrected chi connectivity index (χ3v) is 6.52. The summed E-state index contributed by atoms with van der Waals surface area (Å²) in [7, 11) is 0. The van der Waals surface area contributed by atoms with E-state index in [1.165, 1.54) is 31.4 Å². The summed E-state index contributed by atoms with van der Waals surface area (Å²) in [6.45, 7) is 0. The number of H-pyrrole nitrogens is 1. The van der Waals surface area contributed by atoms with Crippen LogP contribution in [0.1, 0.15) is 49.0 Å². The Morgan fingerprint density at radius 1 is 1.00 bits per heavy atom. The number of halogens is 1. The average Bonchev–Trinajstić information content (AvgIpc) is 3.04. The molecule has 0 aliphatic heterocycles. The molecule has 3 nitrogen and oxygen atoms in total. The first-order valence-electron chi connectivity index (χ1n) is 9.35. The van der Waals surface area contributed by atoms with E-state index in [1.54, 1.807) is 12.1 Å². The van der Waals surface area contributed by atoms with Crippen molar-refractivity contribution in [1.29, 1.82) is 0 Å². The monoisotopic (exact) mass is 338 g/mol. The van der Waals surface area contributed by atoms with Gasteiger partial charge in [0.25, 0.3) is 5.91 Å². The van der Waals surface area contributed by atoms with Gasteiger partial charge in [0.2, 0.25) is 0 Å². The second-order valence-corrected chi connectivity index (χ2v) is 8.46. The summed E-state index contributed by atoms with van der Waals surface area (Å²) in [5, 5.41) is 3.38. The number of benzene rings is 1. The second kappa shape index (κ2) is 5.45. The number of rotatable bonds is 3. The van der Waals surface area contributed by atoms with Crippen molar-refractivity contribution in [3.8, 4) is 11.1 Å². The fourth-order valence-corrected chi connectivity index (χ4v) is 5.91. The highest BCUT2D eigenvalue weighted by Gasteiger charge is 2.51. The third kappa shape index (κ3) is 2.68. The van der Waals surface area contributed by atoms with Crippen LogP contribution in [0.5, 0.6) is 0 Å². The Hall–Kier alpha value is -2.10. The van der Waals surface area contributed by atoms with E-state index in [1.807, 2.05) is 12.3 Å². The molecule has 0 unspecified atom stereocenters. The Morgan fingerprint density at radius 3 is 2.20 bits per heavy atom. The maximum absolute atomic E-state index is 13.1. The van der Waals surface area contributed by atoms with Gasteiger partial charge in [0, 0.05) is 11.7 Å². The fourth-order valence-electron chi connectivity index (χ4n) is 5.91. The van der Waals surface area contributed by atoms with Crippen molar-refractivity contribution in [3.05, 3.63) is 48.0 Å². The number of aromatic nitrogens is 1. The van der Waals surface area contributed by atoms with Crippen LogP contribution in [0.2, 0.25) is 0 Å². The SMILES string of the molecule is O=C(NC12CC3CC(CC(C3)C1)C2)c1cc(-c2ccc(F)cc2)c[nH]1. The lowest BCUT2D eigenvalue weighted by Gasteiger charge is -2.56. The molecule has 4 bridgehead atoms. The summed E-state index contributed by atoms with van der Waals surface area (Å²) < 4.78 is 13.1. The Morgan fingerprint density at radius 2 is 1.60 bits per heavy atom. The van der Waals surface area contributed by atoms with Crippen LogP contribution in [-0.2, 0) is 0 Å². The molecule has 4 fully saturated rings. The van der Waals surface area contributed by atoms with Gasteiger partial charge >= 0.3 is 0 Å². The molecule has 1 amide bonds. The first-order valence-corrected chi connectivity index (χ1v) is 9.35. The van der Waals surface area contributed by atoms with Crippen molar-refractivity contribution in [2.45, 2.75) is 44.1 Å². The number of carbonyl (C=O) groups excluding carboxylic acids is 1. The van der Waals surface area contributed by atoms with E-state index >= 15 is 0 Å². The van der Waals surface area contributed by atoms with Crippen LogP contribution in [-0.4, -0.2) is 16.4 Å². The van der Waals surface area contributed by atoms with Crippen molar-refractivity contribution in [1.82, 2.24) is 10.3 Å². The minimum absolute atomic E-state index is 0.00434. The lowest BCUT2D eigenvalue weighted by molar-refractivity contribution is -0.0167. The minimum atomic E-state index is -0.251. The molecule has 1 aromatic heterocycles. The first kappa shape index (κ1) is 15.2. The second-order valence-electron chi connectivity index (χ2n) is 8.46. The highest BCUT2D eigenvalue weighted by molar-refractivity contribution is 5.94. The molecule has 4 aliphatic carbocycles. The largest absolute Gasteiger partial charge is 0.357 e. The summed E-state index contributed by atoms with van der Waals surface area (Å²) in [5.41, 5.74) is 2.43. The normalized spacial score (nSPS) is 32.8. The predicted molar refractivity (Wildman–Crippen MR) is 94.6 cm³/mol. The molecular formula is C21H23FN2O. The fraction of sp³-hybridized carbons (Fsp3) is 0.476. The zero-order chi connectivity index (χ0) is 17.0. The van der Waals surface area contributed by atoms with Crippen molar-refractivity contribution in [2.75, 3.05) is 0 Å². The zero-order valence-electron chi connectivity index (χ0n) is 14.2. The summed E-state index contributed by atoms with van der Waals surface area (Å²) in [6, 6.07) is 8.22. The molecule has 0 radical (unpaired) electrons. The Labute approximate surface area is 147 Å². The number of amides is 1. The van der Waals surface area contributed by atoms with Crippen LogP contribution < -0.4 is 5.32 Å². The smallest absolute Gasteiger partial charge is 0.268 e. The maximum atomic E-state index is 13.1. The van der Waals surface area contributed by atoms with Gasteiger partial charge in [0.05, 0.1) is 0 Å². The summed E-state index contributed by atoms with van der Waals surface area (Å²) in [5.74, 6) is 2.18. The van der Waals surface area contributed by atoms with Crippen LogP contribution in [0.3, 0.4) is 0 Å². The van der Waals surface area contributed by atoms with Crippen LogP contribution in [0.25, 0.3) is 11.1 Å². The van der Waals surface area contributed by atoms with Crippen LogP contribution in [0.15, 0.2) is 36.5 Å². The zero-order valence-corrected chi connectivity index (χ0v) is 14.2. The van der Waals surface area contributed by atoms with Crippen molar-refractivity contribution >= 4 is 5.91 Å². The lowest BCUT2D eigenvalue weighted by Crippen LogP contribution is -2.59. The van der Waals surface area contributed by atoms with Gasteiger partial charge in [-0.25, -0.2) is 4.39 Å². The molecule has 4 heteroatoms. The van der Waals surface area contributed by atoms with Gasteiger partial charge in [-0.05, 0) is 85.6 Å². The first-order chi connectivity index (χ1) is 12.1. The third-order valence-electron chi connectivity index (χ3n) is 6.52. The number of nitrogens with one attached hydrogen (secondary N) is 2. The summed E-state index contributed by atoms with van der Waals surface area (Å²) >= 11 is 0. The van der Waals surface area contributed by atoms with E-state index in [4.69, 9.17) is 0 Å². The van der Waals surface area contributed by atoms with E-state index in [-0.39, 0.29) is 17.3 Å². The highest BCUT2D eigenvalue weighted by atomic mass is 19.1.